The van der Waals surface area contributed by atoms with E-state index >= 15 is 0 Å². The Morgan fingerprint density at radius 1 is 0.828 bits per heavy atom. The van der Waals surface area contributed by atoms with Crippen molar-refractivity contribution in [3.8, 4) is 0 Å². The lowest BCUT2D eigenvalue weighted by Crippen LogP contribution is -2.35. The minimum absolute atomic E-state index is 0.0451. The summed E-state index contributed by atoms with van der Waals surface area (Å²) in [6.45, 7) is 13.2. The molecule has 5 atom stereocenters. The predicted octanol–water partition coefficient (Wildman–Crippen LogP) is 3.86. The summed E-state index contributed by atoms with van der Waals surface area (Å²) in [5.74, 6) is 0.209. The number of carbonyl (C=O) groups is 2. The Morgan fingerprint density at radius 2 is 1.34 bits per heavy atom. The van der Waals surface area contributed by atoms with Crippen LogP contribution in [0.3, 0.4) is 0 Å². The molecule has 0 bridgehead atoms. The molecule has 0 saturated heterocycles. The third-order valence-electron chi connectivity index (χ3n) is 6.17. The number of hydrogen-bond donors (Lipinski definition) is 2. The normalized spacial score (nSPS) is 28.1. The van der Waals surface area contributed by atoms with Crippen molar-refractivity contribution < 1.29 is 29.3 Å². The molecule has 1 unspecified atom stereocenters. The van der Waals surface area contributed by atoms with Gasteiger partial charge in [-0.15, -0.1) is 0 Å². The van der Waals surface area contributed by atoms with Crippen molar-refractivity contribution in [1.82, 2.24) is 0 Å². The van der Waals surface area contributed by atoms with Gasteiger partial charge >= 0.3 is 11.9 Å². The SMILES string of the molecule is CC(C)OC(=O)C(C)(C)[C@@H]1CC[C@H](O)C1.CC(C)OC(=O)C(C)[C@@H]1CC[C@H](O)C1. The summed E-state index contributed by atoms with van der Waals surface area (Å²) < 4.78 is 10.4. The zero-order valence-electron chi connectivity index (χ0n) is 19.3. The van der Waals surface area contributed by atoms with Gasteiger partial charge in [-0.25, -0.2) is 0 Å². The Hall–Kier alpha value is -1.14. The number of esters is 2. The first kappa shape index (κ1) is 25.9. The molecule has 6 heteroatoms. The molecule has 2 fully saturated rings. The van der Waals surface area contributed by atoms with Crippen LogP contribution < -0.4 is 0 Å². The second kappa shape index (κ2) is 11.3. The van der Waals surface area contributed by atoms with E-state index in [2.05, 4.69) is 0 Å². The van der Waals surface area contributed by atoms with Crippen molar-refractivity contribution in [2.75, 3.05) is 0 Å². The lowest BCUT2D eigenvalue weighted by Gasteiger charge is -2.30. The van der Waals surface area contributed by atoms with Gasteiger partial charge in [0.1, 0.15) is 0 Å². The highest BCUT2D eigenvalue weighted by Crippen LogP contribution is 2.40. The molecule has 6 nitrogen and oxygen atoms in total. The first-order valence-electron chi connectivity index (χ1n) is 11.1. The molecule has 0 heterocycles. The minimum atomic E-state index is -0.470. The monoisotopic (exact) mass is 414 g/mol. The van der Waals surface area contributed by atoms with Gasteiger partial charge in [-0.1, -0.05) is 6.92 Å². The van der Waals surface area contributed by atoms with E-state index in [1.165, 1.54) is 0 Å². The van der Waals surface area contributed by atoms with E-state index in [0.717, 1.165) is 38.5 Å². The third-order valence-corrected chi connectivity index (χ3v) is 6.17. The molecule has 0 aliphatic heterocycles. The summed E-state index contributed by atoms with van der Waals surface area (Å²) >= 11 is 0. The molecule has 2 aliphatic carbocycles. The van der Waals surface area contributed by atoms with Gasteiger partial charge in [0.25, 0.3) is 0 Å². The number of rotatable bonds is 6. The molecule has 0 aromatic rings. The van der Waals surface area contributed by atoms with Gasteiger partial charge in [0.15, 0.2) is 0 Å². The van der Waals surface area contributed by atoms with Gasteiger partial charge in [0.2, 0.25) is 0 Å². The first-order valence-corrected chi connectivity index (χ1v) is 11.1. The van der Waals surface area contributed by atoms with Gasteiger partial charge in [-0.3, -0.25) is 9.59 Å². The number of aliphatic hydroxyl groups is 2. The summed E-state index contributed by atoms with van der Waals surface area (Å²) in [5, 5.41) is 18.8. The Bertz CT molecular complexity index is 527. The van der Waals surface area contributed by atoms with E-state index < -0.39 is 5.41 Å². The van der Waals surface area contributed by atoms with E-state index in [1.807, 2.05) is 48.5 Å². The van der Waals surface area contributed by atoms with E-state index in [-0.39, 0.29) is 48.2 Å². The van der Waals surface area contributed by atoms with E-state index in [9.17, 15) is 19.8 Å². The van der Waals surface area contributed by atoms with Crippen LogP contribution in [0.5, 0.6) is 0 Å². The van der Waals surface area contributed by atoms with Crippen LogP contribution in [0.2, 0.25) is 0 Å². The number of hydrogen-bond acceptors (Lipinski definition) is 6. The van der Waals surface area contributed by atoms with E-state index in [1.54, 1.807) is 0 Å². The van der Waals surface area contributed by atoms with Crippen molar-refractivity contribution in [2.24, 2.45) is 23.2 Å². The van der Waals surface area contributed by atoms with E-state index in [4.69, 9.17) is 9.47 Å². The summed E-state index contributed by atoms with van der Waals surface area (Å²) in [5.41, 5.74) is -0.470. The topological polar surface area (TPSA) is 93.1 Å². The number of ether oxygens (including phenoxy) is 2. The van der Waals surface area contributed by atoms with Crippen LogP contribution in [0.15, 0.2) is 0 Å². The highest BCUT2D eigenvalue weighted by atomic mass is 16.5. The second-order valence-electron chi connectivity index (χ2n) is 9.84. The molecule has 0 amide bonds. The molecule has 0 aromatic heterocycles. The van der Waals surface area contributed by atoms with Gasteiger partial charge in [0, 0.05) is 0 Å². The zero-order chi connectivity index (χ0) is 22.4. The van der Waals surface area contributed by atoms with Crippen molar-refractivity contribution in [2.45, 2.75) is 111 Å². The predicted molar refractivity (Wildman–Crippen MR) is 112 cm³/mol. The fourth-order valence-corrected chi connectivity index (χ4v) is 4.12. The maximum atomic E-state index is 11.9. The van der Waals surface area contributed by atoms with Crippen LogP contribution in [-0.2, 0) is 19.1 Å². The summed E-state index contributed by atoms with van der Waals surface area (Å²) in [7, 11) is 0. The molecule has 0 spiro atoms. The number of aliphatic hydroxyl groups excluding tert-OH is 2. The Morgan fingerprint density at radius 3 is 1.76 bits per heavy atom. The summed E-state index contributed by atoms with van der Waals surface area (Å²) in [6.07, 6.45) is 4.40. The van der Waals surface area contributed by atoms with Gasteiger partial charge < -0.3 is 19.7 Å². The molecular formula is C23H42O6. The van der Waals surface area contributed by atoms with Crippen molar-refractivity contribution >= 4 is 11.9 Å². The fraction of sp³-hybridized carbons (Fsp3) is 0.913. The molecule has 2 saturated carbocycles. The molecule has 0 radical (unpaired) electrons. The van der Waals surface area contributed by atoms with Gasteiger partial charge in [0.05, 0.1) is 35.7 Å². The smallest absolute Gasteiger partial charge is 0.312 e. The van der Waals surface area contributed by atoms with Crippen LogP contribution in [0.4, 0.5) is 0 Å². The largest absolute Gasteiger partial charge is 0.463 e. The molecule has 2 rings (SSSR count). The average molecular weight is 415 g/mol. The maximum absolute atomic E-state index is 11.9. The summed E-state index contributed by atoms with van der Waals surface area (Å²) in [4.78, 5) is 23.4. The Kier molecular flexibility index (Phi) is 10.1. The van der Waals surface area contributed by atoms with Crippen LogP contribution in [0, 0.1) is 23.2 Å². The number of carbonyl (C=O) groups excluding carboxylic acids is 2. The molecule has 2 N–H and O–H groups in total. The van der Waals surface area contributed by atoms with Crippen molar-refractivity contribution in [3.63, 3.8) is 0 Å². The van der Waals surface area contributed by atoms with Crippen molar-refractivity contribution in [1.29, 1.82) is 0 Å². The third kappa shape index (κ3) is 8.25. The maximum Gasteiger partial charge on any atom is 0.312 e. The molecule has 29 heavy (non-hydrogen) atoms. The average Bonchev–Trinajstić information content (AvgIpc) is 3.22. The molecule has 170 valence electrons. The molecule has 0 aromatic carbocycles. The minimum Gasteiger partial charge on any atom is -0.463 e. The van der Waals surface area contributed by atoms with E-state index in [0.29, 0.717) is 5.92 Å². The highest BCUT2D eigenvalue weighted by Gasteiger charge is 2.42. The highest BCUT2D eigenvalue weighted by molar-refractivity contribution is 5.76. The molecule has 2 aliphatic rings. The van der Waals surface area contributed by atoms with Crippen LogP contribution in [-0.4, -0.2) is 46.6 Å². The quantitative estimate of drug-likeness (QED) is 0.641. The zero-order valence-corrected chi connectivity index (χ0v) is 19.3. The fourth-order valence-electron chi connectivity index (χ4n) is 4.12. The second-order valence-corrected chi connectivity index (χ2v) is 9.84. The lowest BCUT2D eigenvalue weighted by molar-refractivity contribution is -0.161. The van der Waals surface area contributed by atoms with Crippen molar-refractivity contribution in [3.05, 3.63) is 0 Å². The van der Waals surface area contributed by atoms with Gasteiger partial charge in [-0.2, -0.15) is 0 Å². The molecular weight excluding hydrogens is 372 g/mol. The first-order chi connectivity index (χ1) is 13.3. The van der Waals surface area contributed by atoms with Crippen LogP contribution >= 0.6 is 0 Å². The standard InChI is InChI=1S/C12H22O3.C11H20O3/c1-8(2)15-11(14)12(3,4)9-5-6-10(13)7-9;1-7(2)14-11(13)8(3)9-4-5-10(12)6-9/h8-10,13H,5-7H2,1-4H3;7-10,12H,4-6H2,1-3H3/t9-,10+;8?,9-,10+/m11/s1. The lowest BCUT2D eigenvalue weighted by atomic mass is 9.78. The summed E-state index contributed by atoms with van der Waals surface area (Å²) in [6, 6.07) is 0. The van der Waals surface area contributed by atoms with Crippen LogP contribution in [0.1, 0.15) is 87.0 Å². The Balaban J connectivity index is 0.000000291. The Labute approximate surface area is 176 Å². The van der Waals surface area contributed by atoms with Crippen LogP contribution in [0.25, 0.3) is 0 Å². The van der Waals surface area contributed by atoms with Gasteiger partial charge in [-0.05, 0) is 91.9 Å².